The molecule has 1 fully saturated rings. The van der Waals surface area contributed by atoms with Gasteiger partial charge < -0.3 is 14.2 Å². The highest BCUT2D eigenvalue weighted by Gasteiger charge is 2.32. The number of esters is 1. The largest absolute Gasteiger partial charge is 0.493 e. The lowest BCUT2D eigenvalue weighted by Gasteiger charge is -2.14. The maximum Gasteiger partial charge on any atom is 0.307 e. The average molecular weight is 531 g/mol. The van der Waals surface area contributed by atoms with E-state index in [0.717, 1.165) is 35.7 Å². The molecule has 0 atom stereocenters. The third-order valence-electron chi connectivity index (χ3n) is 4.42. The zero-order chi connectivity index (χ0) is 22.8. The third-order valence-corrected chi connectivity index (χ3v) is 6.39. The molecule has 0 unspecified atom stereocenters. The van der Waals surface area contributed by atoms with Gasteiger partial charge in [0, 0.05) is 6.54 Å². The zero-order valence-electron chi connectivity index (χ0n) is 18.1. The van der Waals surface area contributed by atoms with Crippen LogP contribution in [0, 0.1) is 0 Å². The summed E-state index contributed by atoms with van der Waals surface area (Å²) in [6, 6.07) is 3.71. The molecule has 0 radical (unpaired) electrons. The normalized spacial score (nSPS) is 15.0. The number of nitrogens with zero attached hydrogens (tertiary/aromatic N) is 1. The van der Waals surface area contributed by atoms with Gasteiger partial charge in [-0.2, -0.15) is 0 Å². The number of methoxy groups -OCH3 is 1. The van der Waals surface area contributed by atoms with E-state index in [1.54, 1.807) is 13.2 Å². The zero-order valence-corrected chi connectivity index (χ0v) is 21.3. The first-order chi connectivity index (χ1) is 14.9. The van der Waals surface area contributed by atoms with Gasteiger partial charge in [0.2, 0.25) is 0 Å². The van der Waals surface area contributed by atoms with Crippen LogP contribution >= 0.6 is 39.9 Å². The fraction of sp³-hybridized carbons (Fsp3) is 0.500. The van der Waals surface area contributed by atoms with Crippen LogP contribution in [-0.2, 0) is 14.3 Å². The first-order valence-electron chi connectivity index (χ1n) is 10.3. The van der Waals surface area contributed by atoms with Crippen molar-refractivity contribution in [3.8, 4) is 11.5 Å². The molecular formula is C22H28BrNO5S2. The maximum atomic E-state index is 12.8. The number of thioether (sulfide) groups is 1. The molecule has 1 heterocycles. The Morgan fingerprint density at radius 1 is 1.23 bits per heavy atom. The van der Waals surface area contributed by atoms with Crippen molar-refractivity contribution in [2.75, 3.05) is 26.9 Å². The first-order valence-corrected chi connectivity index (χ1v) is 12.3. The molecule has 9 heteroatoms. The average Bonchev–Trinajstić information content (AvgIpc) is 3.01. The molecule has 1 amide bonds. The Kier molecular flexibility index (Phi) is 10.8. The number of hydrogen-bond donors (Lipinski definition) is 0. The van der Waals surface area contributed by atoms with E-state index in [2.05, 4.69) is 22.9 Å². The molecule has 1 aliphatic rings. The van der Waals surface area contributed by atoms with Crippen LogP contribution in [0.1, 0.15) is 51.5 Å². The van der Waals surface area contributed by atoms with Crippen molar-refractivity contribution in [2.24, 2.45) is 0 Å². The Bertz CT molecular complexity index is 843. The molecular weight excluding hydrogens is 502 g/mol. The minimum Gasteiger partial charge on any atom is -0.493 e. The predicted molar refractivity (Wildman–Crippen MR) is 131 cm³/mol. The molecule has 1 saturated heterocycles. The fourth-order valence-electron chi connectivity index (χ4n) is 2.82. The van der Waals surface area contributed by atoms with E-state index in [4.69, 9.17) is 26.4 Å². The standard InChI is InChI=1S/C22H28BrNO5S2/c1-4-6-7-11-29-20-16(23)12-15(13-17(20)27-3)14-18-21(26)24(22(30)31-18)9-8-19(25)28-10-5-2/h12-14H,4-11H2,1-3H3/b18-14-. The van der Waals surface area contributed by atoms with Gasteiger partial charge in [-0.25, -0.2) is 0 Å². The number of hydrogen-bond acceptors (Lipinski definition) is 7. The Morgan fingerprint density at radius 3 is 2.68 bits per heavy atom. The summed E-state index contributed by atoms with van der Waals surface area (Å²) in [4.78, 5) is 26.5. The van der Waals surface area contributed by atoms with Crippen molar-refractivity contribution < 1.29 is 23.8 Å². The van der Waals surface area contributed by atoms with E-state index < -0.39 is 0 Å². The molecule has 6 nitrogen and oxygen atoms in total. The molecule has 0 N–H and O–H groups in total. The lowest BCUT2D eigenvalue weighted by Crippen LogP contribution is -2.30. The van der Waals surface area contributed by atoms with Crippen LogP contribution in [0.15, 0.2) is 21.5 Å². The van der Waals surface area contributed by atoms with Gasteiger partial charge in [0.05, 0.1) is 36.1 Å². The second-order valence-corrected chi connectivity index (χ2v) is 9.42. The number of benzene rings is 1. The van der Waals surface area contributed by atoms with Crippen LogP contribution < -0.4 is 9.47 Å². The second-order valence-electron chi connectivity index (χ2n) is 6.89. The monoisotopic (exact) mass is 529 g/mol. The van der Waals surface area contributed by atoms with Gasteiger partial charge >= 0.3 is 5.97 Å². The minimum absolute atomic E-state index is 0.114. The van der Waals surface area contributed by atoms with Crippen LogP contribution in [0.4, 0.5) is 0 Å². The summed E-state index contributed by atoms with van der Waals surface area (Å²) in [5.41, 5.74) is 0.785. The summed E-state index contributed by atoms with van der Waals surface area (Å²) in [7, 11) is 1.58. The molecule has 1 aliphatic heterocycles. The summed E-state index contributed by atoms with van der Waals surface area (Å²) < 4.78 is 17.6. The van der Waals surface area contributed by atoms with Crippen LogP contribution in [0.2, 0.25) is 0 Å². The minimum atomic E-state index is -0.330. The van der Waals surface area contributed by atoms with Crippen molar-refractivity contribution in [1.82, 2.24) is 4.90 Å². The molecule has 170 valence electrons. The van der Waals surface area contributed by atoms with Gasteiger partial charge in [-0.3, -0.25) is 14.5 Å². The molecule has 2 rings (SSSR count). The highest BCUT2D eigenvalue weighted by molar-refractivity contribution is 9.10. The molecule has 0 aromatic heterocycles. The molecule has 0 saturated carbocycles. The van der Waals surface area contributed by atoms with Crippen LogP contribution in [0.5, 0.6) is 11.5 Å². The number of amides is 1. The van der Waals surface area contributed by atoms with E-state index in [0.29, 0.717) is 33.9 Å². The van der Waals surface area contributed by atoms with E-state index >= 15 is 0 Å². The number of unbranched alkanes of at least 4 members (excludes halogenated alkanes) is 2. The van der Waals surface area contributed by atoms with Gasteiger partial charge in [0.15, 0.2) is 11.5 Å². The maximum absolute atomic E-state index is 12.8. The molecule has 0 bridgehead atoms. The Morgan fingerprint density at radius 2 is 2.00 bits per heavy atom. The summed E-state index contributed by atoms with van der Waals surface area (Å²) in [5.74, 6) is 0.691. The number of rotatable bonds is 12. The van der Waals surface area contributed by atoms with E-state index in [1.807, 2.05) is 19.1 Å². The number of thiocarbonyl (C=S) groups is 1. The fourth-order valence-corrected chi connectivity index (χ4v) is 4.71. The smallest absolute Gasteiger partial charge is 0.307 e. The van der Waals surface area contributed by atoms with E-state index in [1.165, 1.54) is 16.7 Å². The summed E-state index contributed by atoms with van der Waals surface area (Å²) in [5, 5.41) is 0. The third kappa shape index (κ3) is 7.50. The van der Waals surface area contributed by atoms with Crippen LogP contribution in [0.25, 0.3) is 6.08 Å². The molecule has 1 aromatic carbocycles. The van der Waals surface area contributed by atoms with E-state index in [9.17, 15) is 9.59 Å². The van der Waals surface area contributed by atoms with Crippen molar-refractivity contribution in [3.05, 3.63) is 27.1 Å². The van der Waals surface area contributed by atoms with Crippen LogP contribution in [0.3, 0.4) is 0 Å². The van der Waals surface area contributed by atoms with Crippen molar-refractivity contribution in [3.63, 3.8) is 0 Å². The summed E-state index contributed by atoms with van der Waals surface area (Å²) in [6.45, 7) is 5.28. The highest BCUT2D eigenvalue weighted by atomic mass is 79.9. The number of ether oxygens (including phenoxy) is 3. The Balaban J connectivity index is 2.10. The molecule has 1 aromatic rings. The highest BCUT2D eigenvalue weighted by Crippen LogP contribution is 2.39. The van der Waals surface area contributed by atoms with E-state index in [-0.39, 0.29) is 24.8 Å². The number of halogens is 1. The van der Waals surface area contributed by atoms with Gasteiger partial charge in [0.1, 0.15) is 4.32 Å². The lowest BCUT2D eigenvalue weighted by molar-refractivity contribution is -0.143. The molecule has 0 spiro atoms. The van der Waals surface area contributed by atoms with Crippen molar-refractivity contribution in [2.45, 2.75) is 46.0 Å². The number of carbonyl (C=O) groups excluding carboxylic acids is 2. The van der Waals surface area contributed by atoms with Gasteiger partial charge in [-0.1, -0.05) is 50.7 Å². The molecule has 0 aliphatic carbocycles. The summed E-state index contributed by atoms with van der Waals surface area (Å²) in [6.07, 6.45) is 5.85. The summed E-state index contributed by atoms with van der Waals surface area (Å²) >= 11 is 10.1. The van der Waals surface area contributed by atoms with Gasteiger partial charge in [0.25, 0.3) is 5.91 Å². The second kappa shape index (κ2) is 13.1. The topological polar surface area (TPSA) is 65.1 Å². The number of carbonyl (C=O) groups is 2. The van der Waals surface area contributed by atoms with Gasteiger partial charge in [-0.15, -0.1) is 0 Å². The Hall–Kier alpha value is -1.58. The van der Waals surface area contributed by atoms with Crippen molar-refractivity contribution in [1.29, 1.82) is 0 Å². The molecule has 31 heavy (non-hydrogen) atoms. The predicted octanol–water partition coefficient (Wildman–Crippen LogP) is 5.57. The Labute approximate surface area is 201 Å². The van der Waals surface area contributed by atoms with Crippen molar-refractivity contribution >= 4 is 62.2 Å². The van der Waals surface area contributed by atoms with Crippen LogP contribution in [-0.4, -0.2) is 48.0 Å². The lowest BCUT2D eigenvalue weighted by atomic mass is 10.1. The van der Waals surface area contributed by atoms with Gasteiger partial charge in [-0.05, 0) is 52.5 Å². The first kappa shape index (κ1) is 25.7. The quantitative estimate of drug-likeness (QED) is 0.152. The SMILES string of the molecule is CCCCCOc1c(Br)cc(/C=C2\SC(=S)N(CCC(=O)OCCC)C2=O)cc1OC.